The van der Waals surface area contributed by atoms with Crippen LogP contribution in [0, 0.1) is 0 Å². The first-order valence-corrected chi connectivity index (χ1v) is 29.5. The fourth-order valence-corrected chi connectivity index (χ4v) is 152. The summed E-state index contributed by atoms with van der Waals surface area (Å²) in [4.78, 5) is 0. The lowest BCUT2D eigenvalue weighted by molar-refractivity contribution is 0.576. The Labute approximate surface area is 124 Å². The Kier molecular flexibility index (Phi) is 4.18. The minimum atomic E-state index is -2.72. The van der Waals surface area contributed by atoms with Crippen molar-refractivity contribution < 1.29 is 8.22 Å². The van der Waals surface area contributed by atoms with Gasteiger partial charge in [-0.15, -0.1) is 0 Å². The molecular formula is C11H33FOSi6. The number of halogens is 1. The molecular weight excluding hydrogens is 336 g/mol. The second kappa shape index (κ2) is 4.35. The number of hydrogen-bond acceptors (Lipinski definition) is 1. The lowest BCUT2D eigenvalue weighted by atomic mass is 11.9. The molecule has 19 heavy (non-hydrogen) atoms. The highest BCUT2D eigenvalue weighted by atomic mass is 30.0. The summed E-state index contributed by atoms with van der Waals surface area (Å²) in [6, 6.07) is 0. The van der Waals surface area contributed by atoms with Gasteiger partial charge in [0, 0.05) is 7.11 Å². The van der Waals surface area contributed by atoms with Gasteiger partial charge in [0.2, 0.25) is 7.44 Å². The zero-order chi connectivity index (χ0) is 15.7. The summed E-state index contributed by atoms with van der Waals surface area (Å²) in [6.45, 7) is 26.2. The van der Waals surface area contributed by atoms with Crippen LogP contribution in [0.3, 0.4) is 0 Å². The third kappa shape index (κ3) is 2.08. The first kappa shape index (κ1) is 18.2. The van der Waals surface area contributed by atoms with Crippen molar-refractivity contribution in [1.29, 1.82) is 0 Å². The topological polar surface area (TPSA) is 9.23 Å². The second-order valence-electron chi connectivity index (χ2n) is 9.00. The standard InChI is InChI=1S/C11H33FOSi6/c1-14(2)13-15(3,4)19(11,12)18(9,10)17(7,8)16(14,5)6/h1-11H3. The van der Waals surface area contributed by atoms with Gasteiger partial charge in [0.25, 0.3) is 0 Å². The zero-order valence-electron chi connectivity index (χ0n) is 14.8. The van der Waals surface area contributed by atoms with E-state index in [-0.39, 0.29) is 0 Å². The molecule has 0 bridgehead atoms. The summed E-state index contributed by atoms with van der Waals surface area (Å²) in [7, 11) is -11.4. The van der Waals surface area contributed by atoms with Crippen molar-refractivity contribution in [1.82, 2.24) is 0 Å². The van der Waals surface area contributed by atoms with Crippen molar-refractivity contribution in [3.63, 3.8) is 0 Å². The Balaban J connectivity index is 3.70. The Morgan fingerprint density at radius 3 is 1.26 bits per heavy atom. The van der Waals surface area contributed by atoms with Gasteiger partial charge in [-0.3, -0.25) is 0 Å². The average Bonchev–Trinajstić information content (AvgIpc) is 2.14. The fourth-order valence-electron chi connectivity index (χ4n) is 3.73. The molecule has 0 amide bonds. The Morgan fingerprint density at radius 2 is 0.895 bits per heavy atom. The van der Waals surface area contributed by atoms with Crippen molar-refractivity contribution in [2.24, 2.45) is 0 Å². The number of hydrogen-bond donors (Lipinski definition) is 0. The van der Waals surface area contributed by atoms with Gasteiger partial charge in [-0.1, -0.05) is 39.3 Å². The molecule has 0 N–H and O–H groups in total. The summed E-state index contributed by atoms with van der Waals surface area (Å²) < 4.78 is 22.9. The summed E-state index contributed by atoms with van der Waals surface area (Å²) in [5.41, 5.74) is 0. The van der Waals surface area contributed by atoms with Gasteiger partial charge in [0.1, 0.15) is 0 Å². The van der Waals surface area contributed by atoms with Crippen LogP contribution in [-0.2, 0) is 4.12 Å². The maximum absolute atomic E-state index is 16.1. The molecule has 0 radical (unpaired) electrons. The molecule has 0 aromatic carbocycles. The first-order chi connectivity index (χ1) is 7.96. The molecule has 114 valence electrons. The molecule has 8 heteroatoms. The third-order valence-corrected chi connectivity index (χ3v) is 119. The van der Waals surface area contributed by atoms with E-state index in [1.54, 1.807) is 0 Å². The fraction of sp³-hybridized carbons (Fsp3) is 1.00. The summed E-state index contributed by atoms with van der Waals surface area (Å²) in [5, 5.41) is 0. The summed E-state index contributed by atoms with van der Waals surface area (Å²) >= 11 is 0. The molecule has 1 fully saturated rings. The summed E-state index contributed by atoms with van der Waals surface area (Å²) in [6.07, 6.45) is 0. The highest BCUT2D eigenvalue weighted by molar-refractivity contribution is 7.97. The van der Waals surface area contributed by atoms with Crippen molar-refractivity contribution in [2.75, 3.05) is 0 Å². The van der Waals surface area contributed by atoms with Crippen LogP contribution in [0.15, 0.2) is 0 Å². The van der Waals surface area contributed by atoms with Crippen LogP contribution in [0.5, 0.6) is 0 Å². The van der Waals surface area contributed by atoms with Crippen LogP contribution in [0.1, 0.15) is 0 Å². The molecule has 0 spiro atoms. The monoisotopic (exact) mass is 368 g/mol. The van der Waals surface area contributed by atoms with Gasteiger partial charge in [0.15, 0.2) is 15.7 Å². The van der Waals surface area contributed by atoms with Gasteiger partial charge in [0.05, 0.1) is 14.2 Å². The molecule has 0 aromatic heterocycles. The van der Waals surface area contributed by atoms with E-state index < -0.39 is 44.4 Å². The minimum Gasteiger partial charge on any atom is -0.458 e. The number of rotatable bonds is 0. The van der Waals surface area contributed by atoms with Crippen LogP contribution in [0.4, 0.5) is 4.11 Å². The lowest BCUT2D eigenvalue weighted by Gasteiger charge is -2.53. The van der Waals surface area contributed by atoms with Crippen LogP contribution in [0.25, 0.3) is 0 Å². The molecule has 1 heterocycles. The maximum atomic E-state index is 16.1. The highest BCUT2D eigenvalue weighted by Gasteiger charge is 2.74. The molecule has 0 aliphatic carbocycles. The van der Waals surface area contributed by atoms with E-state index in [9.17, 15) is 0 Å². The van der Waals surface area contributed by atoms with Crippen molar-refractivity contribution in [3.8, 4) is 0 Å². The zero-order valence-corrected chi connectivity index (χ0v) is 20.8. The quantitative estimate of drug-likeness (QED) is 0.452. The van der Waals surface area contributed by atoms with Crippen molar-refractivity contribution in [2.45, 2.75) is 72.0 Å². The molecule has 0 saturated carbocycles. The first-order valence-electron chi connectivity index (χ1n) is 7.35. The molecule has 0 aromatic rings. The maximum Gasteiger partial charge on any atom is 0.244 e. The van der Waals surface area contributed by atoms with Gasteiger partial charge >= 0.3 is 0 Å². The predicted octanol–water partition coefficient (Wildman–Crippen LogP) is 4.49. The predicted molar refractivity (Wildman–Crippen MR) is 101 cm³/mol. The van der Waals surface area contributed by atoms with E-state index >= 15 is 4.11 Å². The van der Waals surface area contributed by atoms with E-state index in [2.05, 4.69) is 65.5 Å². The Bertz CT molecular complexity index is 353. The van der Waals surface area contributed by atoms with Crippen LogP contribution in [-0.4, -0.2) is 44.4 Å². The van der Waals surface area contributed by atoms with Gasteiger partial charge in [-0.2, -0.15) is 0 Å². The van der Waals surface area contributed by atoms with Crippen molar-refractivity contribution >= 4 is 44.4 Å². The largest absolute Gasteiger partial charge is 0.458 e. The molecule has 1 saturated heterocycles. The molecule has 1 aliphatic heterocycles. The highest BCUT2D eigenvalue weighted by Crippen LogP contribution is 2.47. The molecule has 1 aliphatic rings. The lowest BCUT2D eigenvalue weighted by Crippen LogP contribution is -2.83. The van der Waals surface area contributed by atoms with Crippen molar-refractivity contribution in [3.05, 3.63) is 0 Å². The second-order valence-corrected chi connectivity index (χ2v) is 69.0. The molecule has 1 nitrogen and oxygen atoms in total. The third-order valence-electron chi connectivity index (χ3n) is 7.44. The van der Waals surface area contributed by atoms with Gasteiger partial charge in [-0.05, 0) is 32.7 Å². The normalized spacial score (nSPS) is 38.5. The Morgan fingerprint density at radius 1 is 0.526 bits per heavy atom. The molecule has 1 unspecified atom stereocenters. The van der Waals surface area contributed by atoms with Crippen LogP contribution >= 0.6 is 0 Å². The van der Waals surface area contributed by atoms with Crippen LogP contribution in [0.2, 0.25) is 72.0 Å². The smallest absolute Gasteiger partial charge is 0.244 e. The average molecular weight is 369 g/mol. The minimum absolute atomic E-state index is 1.46. The van der Waals surface area contributed by atoms with Gasteiger partial charge < -0.3 is 8.22 Å². The van der Waals surface area contributed by atoms with Gasteiger partial charge in [-0.25, -0.2) is 0 Å². The van der Waals surface area contributed by atoms with E-state index in [1.165, 1.54) is 0 Å². The van der Waals surface area contributed by atoms with E-state index in [4.69, 9.17) is 4.12 Å². The van der Waals surface area contributed by atoms with E-state index in [0.717, 1.165) is 0 Å². The summed E-state index contributed by atoms with van der Waals surface area (Å²) in [5.74, 6) is 0. The molecule has 1 atom stereocenters. The molecule has 1 rings (SSSR count). The SMILES string of the molecule is C[Si]1(C)O[Si](C)(C)[Si](C)(F)[Si](C)(C)[Si](C)(C)[Si]1(C)C. The van der Waals surface area contributed by atoms with E-state index in [0.29, 0.717) is 0 Å². The Hall–Kier alpha value is 1.19. The van der Waals surface area contributed by atoms with E-state index in [1.807, 2.05) is 6.55 Å². The van der Waals surface area contributed by atoms with Crippen LogP contribution < -0.4 is 0 Å².